The van der Waals surface area contributed by atoms with Crippen molar-refractivity contribution in [1.29, 1.82) is 0 Å². The fourth-order valence-electron chi connectivity index (χ4n) is 7.49. The van der Waals surface area contributed by atoms with Crippen LogP contribution in [0.3, 0.4) is 0 Å². The summed E-state index contributed by atoms with van der Waals surface area (Å²) in [7, 11) is 3.29. The summed E-state index contributed by atoms with van der Waals surface area (Å²) >= 11 is 0. The van der Waals surface area contributed by atoms with Crippen LogP contribution in [0.15, 0.2) is 41.0 Å². The maximum absolute atomic E-state index is 13.3. The van der Waals surface area contributed by atoms with Gasteiger partial charge in [0, 0.05) is 19.0 Å². The summed E-state index contributed by atoms with van der Waals surface area (Å²) in [5, 5.41) is 0. The van der Waals surface area contributed by atoms with Gasteiger partial charge in [-0.15, -0.1) is 0 Å². The average Bonchev–Trinajstić information content (AvgIpc) is 3.31. The van der Waals surface area contributed by atoms with E-state index in [-0.39, 0.29) is 34.9 Å². The van der Waals surface area contributed by atoms with Gasteiger partial charge >= 0.3 is 5.97 Å². The van der Waals surface area contributed by atoms with Gasteiger partial charge in [-0.3, -0.25) is 9.69 Å². The smallest absolute Gasteiger partial charge is 0.310 e. The van der Waals surface area contributed by atoms with Gasteiger partial charge in [-0.05, 0) is 73.3 Å². The SMILES string of the molecule is COc1ccc(CN(Cc2ccco2)C[C@@H]2C(=O)O[C@@H]3C[C@@]4(C)CCC[C@@]5(CO5)[C@@H]4C[C@@H]23)cc1OC. The van der Waals surface area contributed by atoms with Crippen molar-refractivity contribution in [3.63, 3.8) is 0 Å². The van der Waals surface area contributed by atoms with E-state index in [1.54, 1.807) is 20.5 Å². The second-order valence-corrected chi connectivity index (χ2v) is 11.5. The van der Waals surface area contributed by atoms with Gasteiger partial charge in [0.05, 0.1) is 45.2 Å². The third kappa shape index (κ3) is 4.20. The van der Waals surface area contributed by atoms with Crippen molar-refractivity contribution in [2.45, 2.75) is 63.8 Å². The molecule has 4 aliphatic rings. The van der Waals surface area contributed by atoms with Crippen molar-refractivity contribution < 1.29 is 28.2 Å². The molecule has 36 heavy (non-hydrogen) atoms. The number of carbonyl (C=O) groups excluding carboxylic acids is 1. The first-order valence-corrected chi connectivity index (χ1v) is 13.2. The Morgan fingerprint density at radius 1 is 1.11 bits per heavy atom. The number of furan rings is 1. The normalized spacial score (nSPS) is 34.8. The van der Waals surface area contributed by atoms with E-state index in [4.69, 9.17) is 23.4 Å². The van der Waals surface area contributed by atoms with Crippen LogP contribution in [0.4, 0.5) is 0 Å². The molecule has 2 saturated heterocycles. The van der Waals surface area contributed by atoms with E-state index < -0.39 is 0 Å². The van der Waals surface area contributed by atoms with Gasteiger partial charge < -0.3 is 23.4 Å². The van der Waals surface area contributed by atoms with E-state index in [1.165, 1.54) is 12.8 Å². The average molecular weight is 496 g/mol. The first-order valence-electron chi connectivity index (χ1n) is 13.2. The number of hydrogen-bond acceptors (Lipinski definition) is 7. The molecule has 2 aromatic rings. The van der Waals surface area contributed by atoms with Gasteiger partial charge in [-0.1, -0.05) is 13.0 Å². The fraction of sp³-hybridized carbons (Fsp3) is 0.621. The number of epoxide rings is 1. The molecular weight excluding hydrogens is 458 g/mol. The summed E-state index contributed by atoms with van der Waals surface area (Å²) in [6, 6.07) is 9.88. The van der Waals surface area contributed by atoms with Gasteiger partial charge in [-0.25, -0.2) is 0 Å². The predicted molar refractivity (Wildman–Crippen MR) is 133 cm³/mol. The second-order valence-electron chi connectivity index (χ2n) is 11.5. The van der Waals surface area contributed by atoms with Crippen molar-refractivity contribution in [3.8, 4) is 11.5 Å². The fourth-order valence-corrected chi connectivity index (χ4v) is 7.49. The number of ether oxygens (including phenoxy) is 4. The van der Waals surface area contributed by atoms with Crippen LogP contribution in [0.1, 0.15) is 50.4 Å². The highest BCUT2D eigenvalue weighted by atomic mass is 16.6. The zero-order chi connectivity index (χ0) is 24.9. The molecule has 194 valence electrons. The van der Waals surface area contributed by atoms with Crippen LogP contribution in [-0.2, 0) is 27.4 Å². The van der Waals surface area contributed by atoms with Crippen molar-refractivity contribution in [2.24, 2.45) is 23.2 Å². The molecule has 0 radical (unpaired) electrons. The summed E-state index contributed by atoms with van der Waals surface area (Å²) in [6.07, 6.45) is 7.27. The van der Waals surface area contributed by atoms with E-state index >= 15 is 0 Å². The Morgan fingerprint density at radius 3 is 2.67 bits per heavy atom. The zero-order valence-electron chi connectivity index (χ0n) is 21.5. The van der Waals surface area contributed by atoms with Crippen molar-refractivity contribution in [3.05, 3.63) is 47.9 Å². The lowest BCUT2D eigenvalue weighted by Gasteiger charge is -2.51. The van der Waals surface area contributed by atoms with Gasteiger partial charge in [0.15, 0.2) is 11.5 Å². The lowest BCUT2D eigenvalue weighted by molar-refractivity contribution is -0.147. The second kappa shape index (κ2) is 9.10. The first-order chi connectivity index (χ1) is 17.4. The topological polar surface area (TPSA) is 73.7 Å². The Balaban J connectivity index is 1.23. The number of benzene rings is 1. The summed E-state index contributed by atoms with van der Waals surface area (Å²) in [5.74, 6) is 2.84. The molecule has 1 aromatic carbocycles. The molecule has 4 fully saturated rings. The van der Waals surface area contributed by atoms with Crippen LogP contribution in [0, 0.1) is 23.2 Å². The molecule has 7 nitrogen and oxygen atoms in total. The molecule has 2 aliphatic heterocycles. The Hall–Kier alpha value is -2.51. The highest BCUT2D eigenvalue weighted by molar-refractivity contribution is 5.75. The lowest BCUT2D eigenvalue weighted by atomic mass is 9.53. The number of hydrogen-bond donors (Lipinski definition) is 0. The van der Waals surface area contributed by atoms with Crippen molar-refractivity contribution in [2.75, 3.05) is 27.4 Å². The standard InChI is InChI=1S/C29H37NO6/c1-28-9-5-10-29(18-35-29)26(28)13-21-22(27(31)36-25(21)14-28)17-30(16-20-6-4-11-34-20)15-19-7-8-23(32-2)24(12-19)33-3/h4,6-8,11-12,21-22,25-26H,5,9-10,13-18H2,1-3H3/t21-,22-,25+,26+,28+,29+/m0/s1. The summed E-state index contributed by atoms with van der Waals surface area (Å²) in [4.78, 5) is 15.6. The molecule has 0 N–H and O–H groups in total. The minimum atomic E-state index is -0.146. The number of carbonyl (C=O) groups is 1. The molecule has 6 atom stereocenters. The minimum absolute atomic E-state index is 0.0178. The number of fused-ring (bicyclic) bond motifs is 3. The van der Waals surface area contributed by atoms with E-state index in [9.17, 15) is 4.79 Å². The summed E-state index contributed by atoms with van der Waals surface area (Å²) in [6.45, 7) is 5.20. The van der Waals surface area contributed by atoms with Gasteiger partial charge in [0.25, 0.3) is 0 Å². The molecular formula is C29H37NO6. The highest BCUT2D eigenvalue weighted by Crippen LogP contribution is 2.62. The van der Waals surface area contributed by atoms with Gasteiger partial charge in [0.1, 0.15) is 11.9 Å². The van der Waals surface area contributed by atoms with Gasteiger partial charge in [0.2, 0.25) is 0 Å². The lowest BCUT2D eigenvalue weighted by Crippen LogP contribution is -2.51. The molecule has 1 aromatic heterocycles. The molecule has 0 unspecified atom stereocenters. The Labute approximate surface area is 213 Å². The molecule has 7 heteroatoms. The van der Waals surface area contributed by atoms with Gasteiger partial charge in [-0.2, -0.15) is 0 Å². The highest BCUT2D eigenvalue weighted by Gasteiger charge is 2.65. The quantitative estimate of drug-likeness (QED) is 0.384. The summed E-state index contributed by atoms with van der Waals surface area (Å²) in [5.41, 5.74) is 1.36. The Bertz CT molecular complexity index is 1100. The third-order valence-electron chi connectivity index (χ3n) is 9.35. The maximum Gasteiger partial charge on any atom is 0.310 e. The molecule has 1 spiro atoms. The van der Waals surface area contributed by atoms with Crippen LogP contribution < -0.4 is 9.47 Å². The van der Waals surface area contributed by atoms with Crippen LogP contribution in [0.2, 0.25) is 0 Å². The summed E-state index contributed by atoms with van der Waals surface area (Å²) < 4.78 is 28.8. The minimum Gasteiger partial charge on any atom is -0.493 e. The van der Waals surface area contributed by atoms with E-state index in [1.807, 2.05) is 24.3 Å². The number of nitrogens with zero attached hydrogens (tertiary/aromatic N) is 1. The number of esters is 1. The molecule has 2 saturated carbocycles. The predicted octanol–water partition coefficient (Wildman–Crippen LogP) is 4.83. The Kier molecular flexibility index (Phi) is 6.03. The molecule has 0 amide bonds. The van der Waals surface area contributed by atoms with E-state index in [2.05, 4.69) is 17.9 Å². The number of methoxy groups -OCH3 is 2. The monoisotopic (exact) mass is 495 g/mol. The van der Waals surface area contributed by atoms with Crippen LogP contribution in [-0.4, -0.2) is 49.9 Å². The molecule has 3 heterocycles. The largest absolute Gasteiger partial charge is 0.493 e. The van der Waals surface area contributed by atoms with E-state index in [0.717, 1.165) is 37.2 Å². The molecule has 2 aliphatic carbocycles. The molecule has 6 rings (SSSR count). The Morgan fingerprint density at radius 2 is 1.94 bits per heavy atom. The maximum atomic E-state index is 13.3. The van der Waals surface area contributed by atoms with Crippen molar-refractivity contribution in [1.82, 2.24) is 4.90 Å². The molecule has 0 bridgehead atoms. The third-order valence-corrected chi connectivity index (χ3v) is 9.35. The number of rotatable bonds is 8. The first kappa shape index (κ1) is 23.9. The zero-order valence-corrected chi connectivity index (χ0v) is 21.5. The van der Waals surface area contributed by atoms with Crippen LogP contribution in [0.5, 0.6) is 11.5 Å². The van der Waals surface area contributed by atoms with E-state index in [0.29, 0.717) is 37.1 Å². The van der Waals surface area contributed by atoms with Crippen LogP contribution in [0.25, 0.3) is 0 Å². The van der Waals surface area contributed by atoms with Crippen molar-refractivity contribution >= 4 is 5.97 Å². The van der Waals surface area contributed by atoms with Crippen LogP contribution >= 0.6 is 0 Å².